The molecule has 1 atom stereocenters. The number of para-hydroxylation sites is 2. The minimum Gasteiger partial charge on any atom is -0.484 e. The predicted octanol–water partition coefficient (Wildman–Crippen LogP) is 3.54. The zero-order chi connectivity index (χ0) is 22.2. The second-order valence-electron chi connectivity index (χ2n) is 7.83. The number of carbonyl (C=O) groups excluding carboxylic acids is 2. The van der Waals surface area contributed by atoms with Crippen LogP contribution in [0.15, 0.2) is 59.8 Å². The molecule has 162 valence electrons. The summed E-state index contributed by atoms with van der Waals surface area (Å²) in [6.45, 7) is 5.73. The van der Waals surface area contributed by atoms with E-state index in [0.717, 1.165) is 22.0 Å². The summed E-state index contributed by atoms with van der Waals surface area (Å²) in [5, 5.41) is 7.85. The molecule has 0 saturated heterocycles. The molecule has 2 amide bonds. The SMILES string of the molecule is Cc1ccccc1OCC(=O)N[C@@H](CC(C)C)C(=O)N/N=C\c1c[nH]c2ccccc12. The van der Waals surface area contributed by atoms with Gasteiger partial charge in [-0.05, 0) is 37.0 Å². The van der Waals surface area contributed by atoms with Crippen LogP contribution in [0.4, 0.5) is 0 Å². The summed E-state index contributed by atoms with van der Waals surface area (Å²) in [6.07, 6.45) is 3.91. The maximum Gasteiger partial charge on any atom is 0.262 e. The number of aromatic nitrogens is 1. The average molecular weight is 421 g/mol. The maximum atomic E-state index is 12.6. The molecular formula is C24H28N4O3. The van der Waals surface area contributed by atoms with E-state index in [9.17, 15) is 9.59 Å². The van der Waals surface area contributed by atoms with Gasteiger partial charge in [-0.1, -0.05) is 50.2 Å². The fraction of sp³-hybridized carbons (Fsp3) is 0.292. The Morgan fingerprint density at radius 3 is 2.65 bits per heavy atom. The number of aryl methyl sites for hydroxylation is 1. The van der Waals surface area contributed by atoms with Crippen molar-refractivity contribution in [2.24, 2.45) is 11.0 Å². The second kappa shape index (κ2) is 10.4. The van der Waals surface area contributed by atoms with Gasteiger partial charge in [-0.15, -0.1) is 0 Å². The third kappa shape index (κ3) is 6.18. The number of hydrogen-bond acceptors (Lipinski definition) is 4. The van der Waals surface area contributed by atoms with Crippen molar-refractivity contribution in [2.75, 3.05) is 6.61 Å². The van der Waals surface area contributed by atoms with Crippen molar-refractivity contribution in [1.82, 2.24) is 15.7 Å². The number of nitrogens with zero attached hydrogens (tertiary/aromatic N) is 1. The number of nitrogens with one attached hydrogen (secondary N) is 3. The van der Waals surface area contributed by atoms with E-state index in [1.54, 1.807) is 12.3 Å². The van der Waals surface area contributed by atoms with Gasteiger partial charge in [-0.2, -0.15) is 5.10 Å². The van der Waals surface area contributed by atoms with Crippen LogP contribution in [0.5, 0.6) is 5.75 Å². The Hall–Kier alpha value is -3.61. The molecule has 0 aliphatic carbocycles. The first-order valence-corrected chi connectivity index (χ1v) is 10.3. The highest BCUT2D eigenvalue weighted by atomic mass is 16.5. The largest absolute Gasteiger partial charge is 0.484 e. The van der Waals surface area contributed by atoms with Crippen LogP contribution >= 0.6 is 0 Å². The van der Waals surface area contributed by atoms with Crippen LogP contribution in [-0.4, -0.2) is 35.7 Å². The van der Waals surface area contributed by atoms with Crippen molar-refractivity contribution in [3.63, 3.8) is 0 Å². The molecule has 0 fully saturated rings. The number of hydrazone groups is 1. The van der Waals surface area contributed by atoms with Crippen LogP contribution in [0, 0.1) is 12.8 Å². The number of aromatic amines is 1. The van der Waals surface area contributed by atoms with Gasteiger partial charge in [0.15, 0.2) is 6.61 Å². The Labute approximate surface area is 181 Å². The summed E-state index contributed by atoms with van der Waals surface area (Å²) < 4.78 is 5.58. The Morgan fingerprint density at radius 2 is 1.87 bits per heavy atom. The number of hydrogen-bond donors (Lipinski definition) is 3. The number of ether oxygens (including phenoxy) is 1. The van der Waals surface area contributed by atoms with Crippen molar-refractivity contribution < 1.29 is 14.3 Å². The van der Waals surface area contributed by atoms with Gasteiger partial charge >= 0.3 is 0 Å². The number of amides is 2. The summed E-state index contributed by atoms with van der Waals surface area (Å²) in [5.74, 6) is 0.135. The summed E-state index contributed by atoms with van der Waals surface area (Å²) >= 11 is 0. The Morgan fingerprint density at radius 1 is 1.13 bits per heavy atom. The lowest BCUT2D eigenvalue weighted by Gasteiger charge is -2.19. The number of H-pyrrole nitrogens is 1. The van der Waals surface area contributed by atoms with Crippen LogP contribution < -0.4 is 15.5 Å². The highest BCUT2D eigenvalue weighted by molar-refractivity contribution is 5.99. The number of fused-ring (bicyclic) bond motifs is 1. The molecular weight excluding hydrogens is 392 g/mol. The van der Waals surface area contributed by atoms with Gasteiger partial charge in [0.05, 0.1) is 6.21 Å². The highest BCUT2D eigenvalue weighted by Gasteiger charge is 2.22. The Bertz CT molecular complexity index is 1070. The fourth-order valence-corrected chi connectivity index (χ4v) is 3.24. The molecule has 7 nitrogen and oxygen atoms in total. The van der Waals surface area contributed by atoms with Gasteiger partial charge in [-0.25, -0.2) is 5.43 Å². The molecule has 3 N–H and O–H groups in total. The predicted molar refractivity (Wildman–Crippen MR) is 122 cm³/mol. The third-order valence-electron chi connectivity index (χ3n) is 4.81. The van der Waals surface area contributed by atoms with E-state index >= 15 is 0 Å². The maximum absolute atomic E-state index is 12.6. The number of benzene rings is 2. The highest BCUT2D eigenvalue weighted by Crippen LogP contribution is 2.16. The zero-order valence-corrected chi connectivity index (χ0v) is 18.0. The summed E-state index contributed by atoms with van der Waals surface area (Å²) in [4.78, 5) is 28.2. The average Bonchev–Trinajstić information content (AvgIpc) is 3.15. The molecule has 0 aliphatic rings. The second-order valence-corrected chi connectivity index (χ2v) is 7.83. The van der Waals surface area contributed by atoms with Crippen LogP contribution in [-0.2, 0) is 9.59 Å². The summed E-state index contributed by atoms with van der Waals surface area (Å²) in [7, 11) is 0. The lowest BCUT2D eigenvalue weighted by atomic mass is 10.0. The molecule has 2 aromatic carbocycles. The molecule has 1 aromatic heterocycles. The van der Waals surface area contributed by atoms with Gasteiger partial charge in [0, 0.05) is 22.7 Å². The Balaban J connectivity index is 1.58. The first kappa shape index (κ1) is 22.1. The monoisotopic (exact) mass is 420 g/mol. The van der Waals surface area contributed by atoms with E-state index in [1.807, 2.05) is 69.4 Å². The fourth-order valence-electron chi connectivity index (χ4n) is 3.24. The summed E-state index contributed by atoms with van der Waals surface area (Å²) in [6, 6.07) is 14.6. The van der Waals surface area contributed by atoms with E-state index < -0.39 is 6.04 Å². The van der Waals surface area contributed by atoms with Crippen LogP contribution in [0.2, 0.25) is 0 Å². The summed E-state index contributed by atoms with van der Waals surface area (Å²) in [5.41, 5.74) is 5.35. The smallest absolute Gasteiger partial charge is 0.262 e. The van der Waals surface area contributed by atoms with Gasteiger partial charge < -0.3 is 15.0 Å². The van der Waals surface area contributed by atoms with E-state index in [2.05, 4.69) is 20.8 Å². The lowest BCUT2D eigenvalue weighted by molar-refractivity contribution is -0.130. The normalized spacial score (nSPS) is 12.3. The molecule has 0 spiro atoms. The van der Waals surface area contributed by atoms with Crippen molar-refractivity contribution in [3.05, 3.63) is 65.9 Å². The zero-order valence-electron chi connectivity index (χ0n) is 18.0. The third-order valence-corrected chi connectivity index (χ3v) is 4.81. The molecule has 0 radical (unpaired) electrons. The molecule has 31 heavy (non-hydrogen) atoms. The molecule has 3 aromatic rings. The number of rotatable bonds is 9. The van der Waals surface area contributed by atoms with E-state index in [0.29, 0.717) is 12.2 Å². The molecule has 0 unspecified atom stereocenters. The van der Waals surface area contributed by atoms with Crippen LogP contribution in [0.1, 0.15) is 31.4 Å². The van der Waals surface area contributed by atoms with E-state index in [-0.39, 0.29) is 24.3 Å². The minimum atomic E-state index is -0.701. The van der Waals surface area contributed by atoms with Crippen molar-refractivity contribution in [1.29, 1.82) is 0 Å². The number of carbonyl (C=O) groups is 2. The van der Waals surface area contributed by atoms with Gasteiger partial charge in [0.1, 0.15) is 11.8 Å². The molecule has 3 rings (SSSR count). The van der Waals surface area contributed by atoms with E-state index in [4.69, 9.17) is 4.74 Å². The molecule has 0 aliphatic heterocycles. The molecule has 0 saturated carbocycles. The Kier molecular flexibility index (Phi) is 7.43. The van der Waals surface area contributed by atoms with E-state index in [1.165, 1.54) is 0 Å². The lowest BCUT2D eigenvalue weighted by Crippen LogP contribution is -2.47. The topological polar surface area (TPSA) is 95.6 Å². The van der Waals surface area contributed by atoms with Crippen LogP contribution in [0.25, 0.3) is 10.9 Å². The standard InChI is InChI=1S/C24H28N4O3/c1-16(2)12-21(27-23(29)15-31-22-11-7-4-8-17(22)3)24(30)28-26-14-18-13-25-20-10-6-5-9-19(18)20/h4-11,13-14,16,21,25H,12,15H2,1-3H3,(H,27,29)(H,28,30)/b26-14-/t21-/m0/s1. The quantitative estimate of drug-likeness (QED) is 0.365. The first-order valence-electron chi connectivity index (χ1n) is 10.3. The molecule has 1 heterocycles. The molecule has 0 bridgehead atoms. The molecule has 7 heteroatoms. The van der Waals surface area contributed by atoms with Gasteiger partial charge in [0.25, 0.3) is 11.8 Å². The van der Waals surface area contributed by atoms with Gasteiger partial charge in [0.2, 0.25) is 0 Å². The van der Waals surface area contributed by atoms with Gasteiger partial charge in [-0.3, -0.25) is 9.59 Å². The van der Waals surface area contributed by atoms with Crippen molar-refractivity contribution >= 4 is 28.9 Å². The minimum absolute atomic E-state index is 0.161. The van der Waals surface area contributed by atoms with Crippen molar-refractivity contribution in [3.8, 4) is 5.75 Å². The van der Waals surface area contributed by atoms with Crippen LogP contribution in [0.3, 0.4) is 0 Å². The first-order chi connectivity index (χ1) is 14.9. The van der Waals surface area contributed by atoms with Crippen molar-refractivity contribution in [2.45, 2.75) is 33.2 Å².